The van der Waals surface area contributed by atoms with Crippen molar-refractivity contribution < 1.29 is 4.74 Å². The summed E-state index contributed by atoms with van der Waals surface area (Å²) in [6, 6.07) is 1.08. The van der Waals surface area contributed by atoms with Crippen molar-refractivity contribution in [1.82, 2.24) is 9.80 Å². The Morgan fingerprint density at radius 2 is 2.11 bits per heavy atom. The molecule has 1 aliphatic heterocycles. The zero-order valence-corrected chi connectivity index (χ0v) is 12.6. The van der Waals surface area contributed by atoms with Gasteiger partial charge in [-0.1, -0.05) is 13.8 Å². The van der Waals surface area contributed by atoms with E-state index in [9.17, 15) is 0 Å². The molecule has 1 saturated heterocycles. The van der Waals surface area contributed by atoms with Crippen LogP contribution in [0.4, 0.5) is 0 Å². The molecule has 1 fully saturated rings. The molecule has 0 amide bonds. The molecular weight excluding hydrogens is 226 g/mol. The number of hydrogen-bond donors (Lipinski definition) is 1. The number of ether oxygens (including phenoxy) is 1. The SMILES string of the molecule is CCC1CN(C)CCCN1C(CN)C(C)COC. The zero-order chi connectivity index (χ0) is 13.5. The van der Waals surface area contributed by atoms with Gasteiger partial charge in [0.1, 0.15) is 0 Å². The van der Waals surface area contributed by atoms with Gasteiger partial charge in [0.25, 0.3) is 0 Å². The Morgan fingerprint density at radius 3 is 2.67 bits per heavy atom. The molecule has 0 bridgehead atoms. The first kappa shape index (κ1) is 15.9. The van der Waals surface area contributed by atoms with Crippen LogP contribution in [0.5, 0.6) is 0 Å². The van der Waals surface area contributed by atoms with Gasteiger partial charge in [-0.2, -0.15) is 0 Å². The van der Waals surface area contributed by atoms with E-state index in [1.165, 1.54) is 25.9 Å². The maximum absolute atomic E-state index is 6.03. The summed E-state index contributed by atoms with van der Waals surface area (Å²) >= 11 is 0. The fraction of sp³-hybridized carbons (Fsp3) is 1.00. The summed E-state index contributed by atoms with van der Waals surface area (Å²) in [6.07, 6.45) is 2.43. The van der Waals surface area contributed by atoms with Crippen molar-refractivity contribution in [2.75, 3.05) is 46.9 Å². The van der Waals surface area contributed by atoms with E-state index in [2.05, 4.69) is 30.7 Å². The second-order valence-corrected chi connectivity index (χ2v) is 5.65. The maximum Gasteiger partial charge on any atom is 0.0503 e. The molecule has 4 heteroatoms. The van der Waals surface area contributed by atoms with Gasteiger partial charge < -0.3 is 15.4 Å². The minimum Gasteiger partial charge on any atom is -0.384 e. The molecule has 1 aliphatic rings. The van der Waals surface area contributed by atoms with Crippen LogP contribution in [0.15, 0.2) is 0 Å². The molecule has 0 aromatic heterocycles. The molecule has 4 nitrogen and oxygen atoms in total. The van der Waals surface area contributed by atoms with Crippen molar-refractivity contribution in [2.45, 2.75) is 38.8 Å². The molecule has 3 atom stereocenters. The molecule has 0 radical (unpaired) electrons. The molecule has 0 aliphatic carbocycles. The number of nitrogens with zero attached hydrogens (tertiary/aromatic N) is 2. The lowest BCUT2D eigenvalue weighted by Gasteiger charge is -2.39. The number of hydrogen-bond acceptors (Lipinski definition) is 4. The smallest absolute Gasteiger partial charge is 0.0503 e. The van der Waals surface area contributed by atoms with Crippen molar-refractivity contribution >= 4 is 0 Å². The molecule has 1 rings (SSSR count). The highest BCUT2D eigenvalue weighted by atomic mass is 16.5. The first-order valence-electron chi connectivity index (χ1n) is 7.27. The molecule has 0 saturated carbocycles. The lowest BCUT2D eigenvalue weighted by Crippen LogP contribution is -2.52. The van der Waals surface area contributed by atoms with Crippen LogP contribution in [0.3, 0.4) is 0 Å². The largest absolute Gasteiger partial charge is 0.384 e. The number of likely N-dealkylation sites (N-methyl/N-ethyl adjacent to an activating group) is 1. The summed E-state index contributed by atoms with van der Waals surface area (Å²) in [5.74, 6) is 0.498. The Hall–Kier alpha value is -0.160. The zero-order valence-electron chi connectivity index (χ0n) is 12.6. The Morgan fingerprint density at radius 1 is 1.39 bits per heavy atom. The first-order chi connectivity index (χ1) is 8.63. The fourth-order valence-electron chi connectivity index (χ4n) is 3.13. The van der Waals surface area contributed by atoms with Crippen LogP contribution in [-0.4, -0.2) is 68.8 Å². The maximum atomic E-state index is 6.03. The second kappa shape index (κ2) is 8.10. The van der Waals surface area contributed by atoms with Crippen LogP contribution < -0.4 is 5.73 Å². The molecular formula is C14H31N3O. The van der Waals surface area contributed by atoms with Crippen molar-refractivity contribution in [3.05, 3.63) is 0 Å². The van der Waals surface area contributed by atoms with Gasteiger partial charge in [0.15, 0.2) is 0 Å². The molecule has 0 aromatic rings. The molecule has 2 N–H and O–H groups in total. The van der Waals surface area contributed by atoms with E-state index >= 15 is 0 Å². The molecule has 1 heterocycles. The van der Waals surface area contributed by atoms with Gasteiger partial charge in [-0.15, -0.1) is 0 Å². The molecule has 0 aromatic carbocycles. The summed E-state index contributed by atoms with van der Waals surface area (Å²) in [5.41, 5.74) is 6.03. The Balaban J connectivity index is 2.73. The van der Waals surface area contributed by atoms with Crippen molar-refractivity contribution in [2.24, 2.45) is 11.7 Å². The average Bonchev–Trinajstić information content (AvgIpc) is 2.53. The van der Waals surface area contributed by atoms with Crippen LogP contribution in [-0.2, 0) is 4.74 Å². The van der Waals surface area contributed by atoms with Gasteiger partial charge in [-0.25, -0.2) is 0 Å². The monoisotopic (exact) mass is 257 g/mol. The highest BCUT2D eigenvalue weighted by Gasteiger charge is 2.30. The predicted octanol–water partition coefficient (Wildman–Crippen LogP) is 1.01. The topological polar surface area (TPSA) is 41.7 Å². The van der Waals surface area contributed by atoms with Crippen molar-refractivity contribution in [3.63, 3.8) is 0 Å². The standard InChI is InChI=1S/C14H31N3O/c1-5-13-10-16(3)7-6-8-17(13)14(9-15)12(2)11-18-4/h12-14H,5-11,15H2,1-4H3. The normalized spacial score (nSPS) is 26.8. The molecule has 3 unspecified atom stereocenters. The van der Waals surface area contributed by atoms with Crippen LogP contribution in [0, 0.1) is 5.92 Å². The quantitative estimate of drug-likeness (QED) is 0.771. The van der Waals surface area contributed by atoms with E-state index in [0.717, 1.165) is 19.7 Å². The lowest BCUT2D eigenvalue weighted by molar-refractivity contribution is 0.0576. The van der Waals surface area contributed by atoms with E-state index in [1.54, 1.807) is 7.11 Å². The first-order valence-corrected chi connectivity index (χ1v) is 7.27. The molecule has 108 valence electrons. The van der Waals surface area contributed by atoms with Crippen LogP contribution in [0.2, 0.25) is 0 Å². The molecule has 18 heavy (non-hydrogen) atoms. The fourth-order valence-corrected chi connectivity index (χ4v) is 3.13. The second-order valence-electron chi connectivity index (χ2n) is 5.65. The Labute approximate surface area is 112 Å². The van der Waals surface area contributed by atoms with Gasteiger partial charge in [0.05, 0.1) is 6.61 Å². The van der Waals surface area contributed by atoms with Crippen molar-refractivity contribution in [3.8, 4) is 0 Å². The Kier molecular flexibility index (Phi) is 7.15. The third-order valence-corrected chi connectivity index (χ3v) is 4.17. The summed E-state index contributed by atoms with van der Waals surface area (Å²) < 4.78 is 5.31. The Bertz CT molecular complexity index is 225. The van der Waals surface area contributed by atoms with Crippen LogP contribution >= 0.6 is 0 Å². The van der Waals surface area contributed by atoms with Gasteiger partial charge in [-0.3, -0.25) is 4.90 Å². The van der Waals surface area contributed by atoms with E-state index in [1.807, 2.05) is 0 Å². The third-order valence-electron chi connectivity index (χ3n) is 4.17. The molecule has 0 spiro atoms. The third kappa shape index (κ3) is 4.19. The van der Waals surface area contributed by atoms with Gasteiger partial charge in [-0.05, 0) is 32.4 Å². The highest BCUT2D eigenvalue weighted by molar-refractivity contribution is 4.86. The highest BCUT2D eigenvalue weighted by Crippen LogP contribution is 2.19. The predicted molar refractivity (Wildman–Crippen MR) is 76.8 cm³/mol. The van der Waals surface area contributed by atoms with Gasteiger partial charge in [0, 0.05) is 38.8 Å². The van der Waals surface area contributed by atoms with E-state index in [4.69, 9.17) is 10.5 Å². The van der Waals surface area contributed by atoms with Crippen LogP contribution in [0.1, 0.15) is 26.7 Å². The average molecular weight is 257 g/mol. The van der Waals surface area contributed by atoms with E-state index in [0.29, 0.717) is 18.0 Å². The minimum absolute atomic E-state index is 0.446. The lowest BCUT2D eigenvalue weighted by atomic mass is 9.98. The van der Waals surface area contributed by atoms with E-state index in [-0.39, 0.29) is 0 Å². The van der Waals surface area contributed by atoms with E-state index < -0.39 is 0 Å². The summed E-state index contributed by atoms with van der Waals surface area (Å²) in [4.78, 5) is 5.08. The van der Waals surface area contributed by atoms with Crippen molar-refractivity contribution in [1.29, 1.82) is 0 Å². The summed E-state index contributed by atoms with van der Waals surface area (Å²) in [5, 5.41) is 0. The number of rotatable bonds is 6. The number of methoxy groups -OCH3 is 1. The van der Waals surface area contributed by atoms with Gasteiger partial charge >= 0.3 is 0 Å². The summed E-state index contributed by atoms with van der Waals surface area (Å²) in [7, 11) is 4.00. The van der Waals surface area contributed by atoms with Gasteiger partial charge in [0.2, 0.25) is 0 Å². The number of nitrogens with two attached hydrogens (primary N) is 1. The van der Waals surface area contributed by atoms with Crippen LogP contribution in [0.25, 0.3) is 0 Å². The summed E-state index contributed by atoms with van der Waals surface area (Å²) in [6.45, 7) is 9.58. The minimum atomic E-state index is 0.446.